The van der Waals surface area contributed by atoms with Crippen molar-refractivity contribution in [2.45, 2.75) is 44.7 Å². The van der Waals surface area contributed by atoms with E-state index in [1.54, 1.807) is 17.0 Å². The van der Waals surface area contributed by atoms with Crippen LogP contribution >= 0.6 is 11.6 Å². The molecule has 0 spiro atoms. The summed E-state index contributed by atoms with van der Waals surface area (Å²) in [4.78, 5) is 33.4. The summed E-state index contributed by atoms with van der Waals surface area (Å²) in [6.45, 7) is 2.57. The second kappa shape index (κ2) is 10.8. The van der Waals surface area contributed by atoms with Crippen molar-refractivity contribution in [3.05, 3.63) is 34.9 Å². The second-order valence-corrected chi connectivity index (χ2v) is 8.00. The Hall–Kier alpha value is -2.79. The van der Waals surface area contributed by atoms with Crippen molar-refractivity contribution in [1.29, 1.82) is 5.26 Å². The summed E-state index contributed by atoms with van der Waals surface area (Å²) in [5, 5.41) is 15.3. The molecule has 0 bridgehead atoms. The van der Waals surface area contributed by atoms with Gasteiger partial charge in [0.15, 0.2) is 6.19 Å². The minimum absolute atomic E-state index is 0.00767. The van der Waals surface area contributed by atoms with Crippen molar-refractivity contribution in [1.82, 2.24) is 20.4 Å². The van der Waals surface area contributed by atoms with Gasteiger partial charge in [0.2, 0.25) is 17.8 Å². The molecular formula is C21H27ClN6O2. The van der Waals surface area contributed by atoms with E-state index in [0.717, 1.165) is 44.3 Å². The van der Waals surface area contributed by atoms with Gasteiger partial charge in [-0.3, -0.25) is 14.9 Å². The molecular weight excluding hydrogens is 404 g/mol. The second-order valence-electron chi connectivity index (χ2n) is 7.57. The number of halogens is 1. The average Bonchev–Trinajstić information content (AvgIpc) is 3.23. The molecule has 9 heteroatoms. The van der Waals surface area contributed by atoms with Gasteiger partial charge >= 0.3 is 0 Å². The highest BCUT2D eigenvalue weighted by Gasteiger charge is 2.30. The zero-order valence-electron chi connectivity index (χ0n) is 16.9. The summed E-state index contributed by atoms with van der Waals surface area (Å²) < 4.78 is 0. The highest BCUT2D eigenvalue weighted by molar-refractivity contribution is 6.30. The Morgan fingerprint density at radius 1 is 1.17 bits per heavy atom. The van der Waals surface area contributed by atoms with E-state index in [1.165, 1.54) is 0 Å². The molecule has 0 radical (unpaired) electrons. The van der Waals surface area contributed by atoms with Gasteiger partial charge in [0.25, 0.3) is 0 Å². The van der Waals surface area contributed by atoms with E-state index in [4.69, 9.17) is 16.9 Å². The van der Waals surface area contributed by atoms with Crippen LogP contribution in [0.2, 0.25) is 5.02 Å². The van der Waals surface area contributed by atoms with Crippen LogP contribution < -0.4 is 10.6 Å². The number of hydrogen-bond donors (Lipinski definition) is 2. The van der Waals surface area contributed by atoms with Crippen LogP contribution in [0, 0.1) is 11.5 Å². The lowest BCUT2D eigenvalue weighted by atomic mass is 10.1. The zero-order valence-corrected chi connectivity index (χ0v) is 17.7. The number of carbonyl (C=O) groups is 2. The molecule has 0 aliphatic carbocycles. The largest absolute Gasteiger partial charge is 0.344 e. The fourth-order valence-electron chi connectivity index (χ4n) is 3.73. The molecule has 1 aromatic carbocycles. The monoisotopic (exact) mass is 430 g/mol. The molecule has 2 N–H and O–H groups in total. The van der Waals surface area contributed by atoms with E-state index in [1.807, 2.05) is 23.2 Å². The third-order valence-electron chi connectivity index (χ3n) is 5.38. The predicted octanol–water partition coefficient (Wildman–Crippen LogP) is 1.86. The molecule has 0 unspecified atom stereocenters. The molecule has 160 valence electrons. The number of nitrogens with zero attached hydrogens (tertiary/aromatic N) is 4. The Morgan fingerprint density at radius 2 is 1.87 bits per heavy atom. The van der Waals surface area contributed by atoms with Crippen molar-refractivity contribution >= 4 is 29.4 Å². The molecule has 1 atom stereocenters. The van der Waals surface area contributed by atoms with Crippen molar-refractivity contribution in [3.8, 4) is 6.19 Å². The SMILES string of the molecule is N#CNC(=NCc1ccc(Cl)cc1)N[C@H]1CCCCN(CC(=O)N2CCCC2)C1=O. The van der Waals surface area contributed by atoms with Gasteiger partial charge in [-0.2, -0.15) is 5.26 Å². The lowest BCUT2D eigenvalue weighted by molar-refractivity contribution is -0.140. The Morgan fingerprint density at radius 3 is 2.57 bits per heavy atom. The lowest BCUT2D eigenvalue weighted by Crippen LogP contribution is -2.52. The highest BCUT2D eigenvalue weighted by atomic mass is 35.5. The number of guanidine groups is 1. The van der Waals surface area contributed by atoms with Crippen LogP contribution in [0.25, 0.3) is 0 Å². The number of nitriles is 1. The van der Waals surface area contributed by atoms with Gasteiger partial charge in [-0.1, -0.05) is 23.7 Å². The third-order valence-corrected chi connectivity index (χ3v) is 5.64. The van der Waals surface area contributed by atoms with Gasteiger partial charge in [-0.05, 0) is 49.8 Å². The third kappa shape index (κ3) is 6.10. The number of hydrogen-bond acceptors (Lipinski definition) is 4. The molecule has 2 amide bonds. The van der Waals surface area contributed by atoms with Gasteiger partial charge in [0, 0.05) is 24.7 Å². The van der Waals surface area contributed by atoms with Crippen LogP contribution in [-0.2, 0) is 16.1 Å². The first-order chi connectivity index (χ1) is 14.6. The van der Waals surface area contributed by atoms with E-state index in [2.05, 4.69) is 15.6 Å². The number of likely N-dealkylation sites (tertiary alicyclic amines) is 2. The van der Waals surface area contributed by atoms with E-state index in [0.29, 0.717) is 24.5 Å². The molecule has 2 heterocycles. The minimum Gasteiger partial charge on any atom is -0.344 e. The minimum atomic E-state index is -0.524. The Balaban J connectivity index is 1.64. The summed E-state index contributed by atoms with van der Waals surface area (Å²) >= 11 is 5.90. The Kier molecular flexibility index (Phi) is 7.91. The van der Waals surface area contributed by atoms with Crippen molar-refractivity contribution < 1.29 is 9.59 Å². The van der Waals surface area contributed by atoms with Gasteiger partial charge in [0.05, 0.1) is 13.1 Å². The predicted molar refractivity (Wildman–Crippen MR) is 115 cm³/mol. The molecule has 2 aliphatic rings. The van der Waals surface area contributed by atoms with E-state index in [9.17, 15) is 9.59 Å². The van der Waals surface area contributed by atoms with Crippen LogP contribution in [-0.4, -0.2) is 59.8 Å². The van der Waals surface area contributed by atoms with Crippen LogP contribution in [0.1, 0.15) is 37.7 Å². The number of benzene rings is 1. The van der Waals surface area contributed by atoms with Crippen molar-refractivity contribution in [2.24, 2.45) is 4.99 Å². The standard InChI is InChI=1S/C21H27ClN6O2/c22-17-8-6-16(7-9-17)13-24-21(25-15-23)26-18-5-1-2-12-28(20(18)30)14-19(29)27-10-3-4-11-27/h6-9,18H,1-5,10-14H2,(H2,24,25,26)/t18-/m0/s1. The van der Waals surface area contributed by atoms with Gasteiger partial charge in [0.1, 0.15) is 6.04 Å². The van der Waals surface area contributed by atoms with E-state index < -0.39 is 6.04 Å². The number of amides is 2. The van der Waals surface area contributed by atoms with Gasteiger partial charge < -0.3 is 15.1 Å². The molecule has 2 aliphatic heterocycles. The van der Waals surface area contributed by atoms with Gasteiger partial charge in [-0.25, -0.2) is 4.99 Å². The molecule has 30 heavy (non-hydrogen) atoms. The van der Waals surface area contributed by atoms with E-state index in [-0.39, 0.29) is 24.3 Å². The summed E-state index contributed by atoms with van der Waals surface area (Å²) in [6, 6.07) is 6.75. The molecule has 2 fully saturated rings. The maximum Gasteiger partial charge on any atom is 0.245 e. The summed E-state index contributed by atoms with van der Waals surface area (Å²) in [6.07, 6.45) is 6.24. The number of aliphatic imine (C=N–C) groups is 1. The normalized spacial score (nSPS) is 19.9. The number of rotatable bonds is 5. The first-order valence-electron chi connectivity index (χ1n) is 10.3. The quantitative estimate of drug-likeness (QED) is 0.321. The van der Waals surface area contributed by atoms with Crippen molar-refractivity contribution in [2.75, 3.05) is 26.2 Å². The molecule has 0 saturated carbocycles. The summed E-state index contributed by atoms with van der Waals surface area (Å²) in [7, 11) is 0. The molecule has 8 nitrogen and oxygen atoms in total. The first-order valence-corrected chi connectivity index (χ1v) is 10.7. The Labute approximate surface area is 181 Å². The Bertz CT molecular complexity index is 814. The van der Waals surface area contributed by atoms with Crippen LogP contribution in [0.3, 0.4) is 0 Å². The lowest BCUT2D eigenvalue weighted by Gasteiger charge is -2.27. The van der Waals surface area contributed by atoms with Gasteiger partial charge in [-0.15, -0.1) is 0 Å². The maximum atomic E-state index is 13.1. The van der Waals surface area contributed by atoms with Crippen LogP contribution in [0.5, 0.6) is 0 Å². The van der Waals surface area contributed by atoms with Crippen molar-refractivity contribution in [3.63, 3.8) is 0 Å². The smallest absolute Gasteiger partial charge is 0.245 e. The molecule has 1 aromatic rings. The summed E-state index contributed by atoms with van der Waals surface area (Å²) in [5.41, 5.74) is 0.934. The van der Waals surface area contributed by atoms with Crippen LogP contribution in [0.4, 0.5) is 0 Å². The summed E-state index contributed by atoms with van der Waals surface area (Å²) in [5.74, 6) is 0.130. The van der Waals surface area contributed by atoms with Crippen LogP contribution in [0.15, 0.2) is 29.3 Å². The number of nitrogens with one attached hydrogen (secondary N) is 2. The fraction of sp³-hybridized carbons (Fsp3) is 0.524. The fourth-order valence-corrected chi connectivity index (χ4v) is 3.85. The molecule has 2 saturated heterocycles. The molecule has 3 rings (SSSR count). The first kappa shape index (κ1) is 21.9. The highest BCUT2D eigenvalue weighted by Crippen LogP contribution is 2.15. The zero-order chi connectivity index (χ0) is 21.3. The topological polar surface area (TPSA) is 101 Å². The number of carbonyl (C=O) groups excluding carboxylic acids is 2. The molecule has 0 aromatic heterocycles. The maximum absolute atomic E-state index is 13.1. The average molecular weight is 431 g/mol. The van der Waals surface area contributed by atoms with E-state index >= 15 is 0 Å².